The van der Waals surface area contributed by atoms with Gasteiger partial charge >= 0.3 is 0 Å². The zero-order valence-corrected chi connectivity index (χ0v) is 16.0. The maximum Gasteiger partial charge on any atom is 0.0730 e. The number of thioether (sulfide) groups is 1. The summed E-state index contributed by atoms with van der Waals surface area (Å²) in [6.45, 7) is 4.34. The Hall–Kier alpha value is -1.93. The lowest BCUT2D eigenvalue weighted by Gasteiger charge is -2.09. The standard InChI is InChI=1S/C23H27NS/c1-3-4-6-11-20-13-9-10-19(15-18(20)2)17-25-23-16-21-12-7-5-8-14-22(21)24-23/h3-5,7-10,12-13,15-16,19,24H,6,11,14,17H2,1-2H3/b4-3+. The molecule has 0 bridgehead atoms. The van der Waals surface area contributed by atoms with E-state index in [0.717, 1.165) is 25.0 Å². The summed E-state index contributed by atoms with van der Waals surface area (Å²) in [6.07, 6.45) is 25.5. The van der Waals surface area contributed by atoms with Gasteiger partial charge < -0.3 is 4.98 Å². The van der Waals surface area contributed by atoms with Crippen molar-refractivity contribution < 1.29 is 0 Å². The molecular weight excluding hydrogens is 322 g/mol. The van der Waals surface area contributed by atoms with Crippen LogP contribution in [0, 0.1) is 5.92 Å². The van der Waals surface area contributed by atoms with Gasteiger partial charge in [0.25, 0.3) is 0 Å². The van der Waals surface area contributed by atoms with Gasteiger partial charge in [-0.15, -0.1) is 11.8 Å². The highest BCUT2D eigenvalue weighted by Crippen LogP contribution is 2.28. The van der Waals surface area contributed by atoms with Crippen LogP contribution in [0.4, 0.5) is 0 Å². The number of hydrogen-bond acceptors (Lipinski definition) is 1. The Morgan fingerprint density at radius 2 is 2.20 bits per heavy atom. The van der Waals surface area contributed by atoms with Crippen molar-refractivity contribution in [1.29, 1.82) is 0 Å². The van der Waals surface area contributed by atoms with Crippen LogP contribution in [-0.4, -0.2) is 10.7 Å². The van der Waals surface area contributed by atoms with Gasteiger partial charge in [0.1, 0.15) is 0 Å². The predicted octanol–water partition coefficient (Wildman–Crippen LogP) is 6.65. The Balaban J connectivity index is 1.59. The molecule has 0 saturated heterocycles. The first-order valence-electron chi connectivity index (χ1n) is 9.11. The summed E-state index contributed by atoms with van der Waals surface area (Å²) in [5, 5.41) is 1.27. The fourth-order valence-electron chi connectivity index (χ4n) is 3.21. The highest BCUT2D eigenvalue weighted by molar-refractivity contribution is 7.99. The highest BCUT2D eigenvalue weighted by atomic mass is 32.2. The monoisotopic (exact) mass is 349 g/mol. The summed E-state index contributed by atoms with van der Waals surface area (Å²) in [5.41, 5.74) is 5.54. The lowest BCUT2D eigenvalue weighted by Crippen LogP contribution is -1.97. The number of allylic oxidation sites excluding steroid dienone is 11. The van der Waals surface area contributed by atoms with Gasteiger partial charge in [0.15, 0.2) is 0 Å². The maximum atomic E-state index is 3.58. The molecule has 2 aliphatic carbocycles. The van der Waals surface area contributed by atoms with Gasteiger partial charge in [-0.25, -0.2) is 0 Å². The van der Waals surface area contributed by atoms with E-state index in [1.807, 2.05) is 11.8 Å². The zero-order chi connectivity index (χ0) is 17.5. The van der Waals surface area contributed by atoms with E-state index in [1.54, 1.807) is 0 Å². The van der Waals surface area contributed by atoms with Gasteiger partial charge in [0.2, 0.25) is 0 Å². The molecular formula is C23H27NS. The first-order valence-corrected chi connectivity index (χ1v) is 10.1. The van der Waals surface area contributed by atoms with Crippen molar-refractivity contribution in [2.24, 2.45) is 5.92 Å². The molecule has 0 radical (unpaired) electrons. The molecule has 1 N–H and O–H groups in total. The quantitative estimate of drug-likeness (QED) is 0.449. The van der Waals surface area contributed by atoms with Crippen molar-refractivity contribution in [1.82, 2.24) is 4.98 Å². The molecule has 0 spiro atoms. The second-order valence-corrected chi connectivity index (χ2v) is 7.63. The van der Waals surface area contributed by atoms with Crippen LogP contribution in [0.1, 0.15) is 37.9 Å². The van der Waals surface area contributed by atoms with Crippen LogP contribution in [0.2, 0.25) is 0 Å². The molecule has 0 fully saturated rings. The topological polar surface area (TPSA) is 15.8 Å². The molecule has 0 saturated carbocycles. The van der Waals surface area contributed by atoms with Crippen LogP contribution in [-0.2, 0) is 6.42 Å². The van der Waals surface area contributed by atoms with Crippen LogP contribution in [0.5, 0.6) is 0 Å². The van der Waals surface area contributed by atoms with Gasteiger partial charge in [-0.3, -0.25) is 0 Å². The Morgan fingerprint density at radius 3 is 3.08 bits per heavy atom. The van der Waals surface area contributed by atoms with Gasteiger partial charge in [0.05, 0.1) is 5.03 Å². The van der Waals surface area contributed by atoms with Crippen LogP contribution < -0.4 is 0 Å². The van der Waals surface area contributed by atoms with E-state index in [-0.39, 0.29) is 0 Å². The number of nitrogens with one attached hydrogen (secondary N) is 1. The number of rotatable bonds is 6. The second kappa shape index (κ2) is 8.96. The smallest absolute Gasteiger partial charge is 0.0730 e. The van der Waals surface area contributed by atoms with Crippen molar-refractivity contribution >= 4 is 17.8 Å². The molecule has 1 aromatic rings. The third kappa shape index (κ3) is 5.02. The summed E-state index contributed by atoms with van der Waals surface area (Å²) in [4.78, 5) is 3.58. The lowest BCUT2D eigenvalue weighted by molar-refractivity contribution is 0.929. The van der Waals surface area contributed by atoms with Crippen LogP contribution >= 0.6 is 11.8 Å². The average molecular weight is 350 g/mol. The van der Waals surface area contributed by atoms with E-state index in [0.29, 0.717) is 5.92 Å². The van der Waals surface area contributed by atoms with Gasteiger partial charge in [-0.1, -0.05) is 66.3 Å². The molecule has 0 aliphatic heterocycles. The fraction of sp³-hybridized carbons (Fsp3) is 0.304. The summed E-state index contributed by atoms with van der Waals surface area (Å²) < 4.78 is 0. The van der Waals surface area contributed by atoms with Crippen LogP contribution in [0.3, 0.4) is 0 Å². The van der Waals surface area contributed by atoms with E-state index in [4.69, 9.17) is 0 Å². The van der Waals surface area contributed by atoms with Crippen molar-refractivity contribution in [2.45, 2.75) is 38.1 Å². The number of fused-ring (bicyclic) bond motifs is 1. The Morgan fingerprint density at radius 1 is 1.28 bits per heavy atom. The molecule has 1 unspecified atom stereocenters. The minimum absolute atomic E-state index is 0.485. The molecule has 0 amide bonds. The van der Waals surface area contributed by atoms with Crippen molar-refractivity contribution in [3.05, 3.63) is 83.2 Å². The first kappa shape index (κ1) is 17.9. The normalized spacial score (nSPS) is 19.5. The number of aromatic amines is 1. The summed E-state index contributed by atoms with van der Waals surface area (Å²) in [6, 6.07) is 2.28. The lowest BCUT2D eigenvalue weighted by atomic mass is 10.0. The molecule has 3 rings (SSSR count). The Kier molecular flexibility index (Phi) is 6.41. The van der Waals surface area contributed by atoms with E-state index < -0.39 is 0 Å². The largest absolute Gasteiger partial charge is 0.353 e. The van der Waals surface area contributed by atoms with Crippen molar-refractivity contribution in [3.8, 4) is 0 Å². The number of aromatic nitrogens is 1. The molecule has 2 aliphatic rings. The van der Waals surface area contributed by atoms with E-state index in [9.17, 15) is 0 Å². The number of H-pyrrole nitrogens is 1. The minimum Gasteiger partial charge on any atom is -0.353 e. The van der Waals surface area contributed by atoms with E-state index >= 15 is 0 Å². The van der Waals surface area contributed by atoms with Gasteiger partial charge in [-0.05, 0) is 43.9 Å². The van der Waals surface area contributed by atoms with Crippen molar-refractivity contribution in [3.63, 3.8) is 0 Å². The highest BCUT2D eigenvalue weighted by Gasteiger charge is 2.11. The average Bonchev–Trinajstić information content (AvgIpc) is 2.75. The molecule has 1 nitrogen and oxygen atoms in total. The summed E-state index contributed by atoms with van der Waals surface area (Å²) >= 11 is 1.92. The van der Waals surface area contributed by atoms with E-state index in [1.165, 1.54) is 27.4 Å². The number of hydrogen-bond donors (Lipinski definition) is 1. The molecule has 0 aromatic carbocycles. The molecule has 1 aromatic heterocycles. The Bertz CT molecular complexity index is 768. The summed E-state index contributed by atoms with van der Waals surface area (Å²) in [7, 11) is 0. The molecule has 130 valence electrons. The fourth-order valence-corrected chi connectivity index (χ4v) is 4.19. The zero-order valence-electron chi connectivity index (χ0n) is 15.2. The van der Waals surface area contributed by atoms with Crippen molar-refractivity contribution in [2.75, 3.05) is 5.75 Å². The molecule has 25 heavy (non-hydrogen) atoms. The van der Waals surface area contributed by atoms with Gasteiger partial charge in [0, 0.05) is 23.8 Å². The third-order valence-electron chi connectivity index (χ3n) is 4.63. The summed E-state index contributed by atoms with van der Waals surface area (Å²) in [5.74, 6) is 1.56. The first-order chi connectivity index (χ1) is 12.3. The molecule has 2 heteroatoms. The minimum atomic E-state index is 0.485. The predicted molar refractivity (Wildman–Crippen MR) is 112 cm³/mol. The van der Waals surface area contributed by atoms with Crippen LogP contribution in [0.15, 0.2) is 76.9 Å². The second-order valence-electron chi connectivity index (χ2n) is 6.57. The Labute approximate surface area is 156 Å². The maximum absolute atomic E-state index is 3.58. The molecule has 1 heterocycles. The van der Waals surface area contributed by atoms with Crippen LogP contribution in [0.25, 0.3) is 6.08 Å². The molecule has 1 atom stereocenters. The van der Waals surface area contributed by atoms with Gasteiger partial charge in [-0.2, -0.15) is 0 Å². The SMILES string of the molecule is C/C=C/CCC1=CC=CC(CSc2cc3c([nH]2)CC=CC=C3)C=C1C. The van der Waals surface area contributed by atoms with E-state index in [2.05, 4.69) is 85.7 Å². The third-order valence-corrected chi connectivity index (χ3v) is 5.71.